The Bertz CT molecular complexity index is 198. The molecule has 0 aromatic rings. The molecule has 0 aliphatic heterocycles. The van der Waals surface area contributed by atoms with Crippen LogP contribution in [0.5, 0.6) is 0 Å². The van der Waals surface area contributed by atoms with Gasteiger partial charge >= 0.3 is 5.97 Å². The van der Waals surface area contributed by atoms with E-state index in [2.05, 4.69) is 13.2 Å². The summed E-state index contributed by atoms with van der Waals surface area (Å²) >= 11 is 0. The van der Waals surface area contributed by atoms with Crippen molar-refractivity contribution in [3.63, 3.8) is 0 Å². The average Bonchev–Trinajstić information content (AvgIpc) is 2.04. The van der Waals surface area contributed by atoms with Crippen molar-refractivity contribution in [2.45, 2.75) is 19.6 Å². The fourth-order valence-corrected chi connectivity index (χ4v) is 0.630. The molecule has 0 saturated heterocycles. The number of ether oxygens (including phenoxy) is 2. The summed E-state index contributed by atoms with van der Waals surface area (Å²) in [6.45, 7) is 8.69. The first kappa shape index (κ1) is 11.7. The molecule has 4 nitrogen and oxygen atoms in total. The average molecular weight is 186 g/mol. The Morgan fingerprint density at radius 1 is 1.69 bits per heavy atom. The van der Waals surface area contributed by atoms with E-state index in [0.717, 1.165) is 0 Å². The van der Waals surface area contributed by atoms with Crippen LogP contribution in [-0.4, -0.2) is 24.0 Å². The van der Waals surface area contributed by atoms with Gasteiger partial charge in [0.25, 0.3) is 0 Å². The van der Waals surface area contributed by atoms with Gasteiger partial charge in [-0.15, -0.1) is 0 Å². The molecule has 74 valence electrons. The molecule has 0 saturated carbocycles. The van der Waals surface area contributed by atoms with Crippen LogP contribution in [0.2, 0.25) is 0 Å². The van der Waals surface area contributed by atoms with Crippen LogP contribution in [0.15, 0.2) is 25.0 Å². The molecule has 0 heterocycles. The van der Waals surface area contributed by atoms with Crippen LogP contribution in [0.25, 0.3) is 0 Å². The molecule has 13 heavy (non-hydrogen) atoms. The van der Waals surface area contributed by atoms with Gasteiger partial charge in [0.1, 0.15) is 0 Å². The van der Waals surface area contributed by atoms with Gasteiger partial charge in [0.2, 0.25) is 0 Å². The molecule has 0 rings (SSSR count). The minimum atomic E-state index is -0.999. The first-order chi connectivity index (χ1) is 6.07. The lowest BCUT2D eigenvalue weighted by Crippen LogP contribution is -2.12. The topological polar surface area (TPSA) is 55.8 Å². The second kappa shape index (κ2) is 6.25. The predicted molar refractivity (Wildman–Crippen MR) is 48.1 cm³/mol. The third-order valence-electron chi connectivity index (χ3n) is 1.35. The van der Waals surface area contributed by atoms with Crippen LogP contribution < -0.4 is 0 Å². The zero-order valence-corrected chi connectivity index (χ0v) is 7.66. The second-order valence-corrected chi connectivity index (χ2v) is 2.40. The number of rotatable bonds is 7. The van der Waals surface area contributed by atoms with Gasteiger partial charge in [0.05, 0.1) is 12.9 Å². The Kier molecular flexibility index (Phi) is 5.63. The van der Waals surface area contributed by atoms with Gasteiger partial charge in [0.15, 0.2) is 6.29 Å². The number of hydrogen-bond acceptors (Lipinski definition) is 3. The third kappa shape index (κ3) is 5.93. The summed E-state index contributed by atoms with van der Waals surface area (Å²) in [6, 6.07) is 0. The van der Waals surface area contributed by atoms with Crippen LogP contribution in [-0.2, 0) is 14.3 Å². The molecule has 0 fully saturated rings. The molecule has 1 unspecified atom stereocenters. The van der Waals surface area contributed by atoms with E-state index < -0.39 is 12.3 Å². The van der Waals surface area contributed by atoms with Crippen molar-refractivity contribution < 1.29 is 19.4 Å². The van der Waals surface area contributed by atoms with Crippen molar-refractivity contribution in [1.82, 2.24) is 0 Å². The molecule has 1 N–H and O–H groups in total. The number of hydrogen-bond donors (Lipinski definition) is 1. The highest BCUT2D eigenvalue weighted by Crippen LogP contribution is 2.01. The van der Waals surface area contributed by atoms with E-state index in [1.54, 1.807) is 6.92 Å². The Labute approximate surface area is 77.5 Å². The molecular formula is C9H14O4. The van der Waals surface area contributed by atoms with Gasteiger partial charge in [-0.1, -0.05) is 13.2 Å². The van der Waals surface area contributed by atoms with Crippen molar-refractivity contribution in [1.29, 1.82) is 0 Å². The number of aliphatic carboxylic acids is 1. The predicted octanol–water partition coefficient (Wildman–Crippen LogP) is 1.54. The zero-order chi connectivity index (χ0) is 10.3. The van der Waals surface area contributed by atoms with Crippen LogP contribution in [0, 0.1) is 0 Å². The first-order valence-corrected chi connectivity index (χ1v) is 3.87. The van der Waals surface area contributed by atoms with E-state index in [4.69, 9.17) is 14.6 Å². The highest BCUT2D eigenvalue weighted by atomic mass is 16.7. The number of carbonyl (C=O) groups is 1. The van der Waals surface area contributed by atoms with Gasteiger partial charge in [-0.2, -0.15) is 0 Å². The molecule has 0 spiro atoms. The van der Waals surface area contributed by atoms with E-state index in [9.17, 15) is 4.79 Å². The van der Waals surface area contributed by atoms with Gasteiger partial charge in [-0.25, -0.2) is 4.79 Å². The normalized spacial score (nSPS) is 11.8. The summed E-state index contributed by atoms with van der Waals surface area (Å²) in [5.74, 6) is -0.999. The lowest BCUT2D eigenvalue weighted by atomic mass is 10.2. The standard InChI is InChI=1S/C9H14O4/c1-4-12-8(3)13-6-5-7(2)9(10)11/h4,8H,1-2,5-6H2,3H3,(H,10,11). The zero-order valence-electron chi connectivity index (χ0n) is 7.66. The Hall–Kier alpha value is -1.29. The van der Waals surface area contributed by atoms with E-state index in [1.165, 1.54) is 6.26 Å². The molecule has 0 radical (unpaired) electrons. The maximum atomic E-state index is 10.3. The van der Waals surface area contributed by atoms with Crippen molar-refractivity contribution in [3.8, 4) is 0 Å². The molecule has 4 heteroatoms. The third-order valence-corrected chi connectivity index (χ3v) is 1.35. The van der Waals surface area contributed by atoms with Crippen molar-refractivity contribution in [2.75, 3.05) is 6.61 Å². The molecule has 0 aliphatic rings. The Morgan fingerprint density at radius 2 is 2.31 bits per heavy atom. The molecule has 0 aromatic heterocycles. The van der Waals surface area contributed by atoms with Crippen molar-refractivity contribution in [2.24, 2.45) is 0 Å². The van der Waals surface area contributed by atoms with Gasteiger partial charge < -0.3 is 14.6 Å². The fraction of sp³-hybridized carbons (Fsp3) is 0.444. The van der Waals surface area contributed by atoms with Gasteiger partial charge in [-0.05, 0) is 6.92 Å². The van der Waals surface area contributed by atoms with Gasteiger partial charge in [-0.3, -0.25) is 0 Å². The van der Waals surface area contributed by atoms with Crippen LogP contribution in [0.3, 0.4) is 0 Å². The molecule has 0 aromatic carbocycles. The number of carboxylic acid groups (broad SMARTS) is 1. The SMILES string of the molecule is C=COC(C)OCCC(=C)C(=O)O. The summed E-state index contributed by atoms with van der Waals surface area (Å²) in [6.07, 6.45) is 1.16. The smallest absolute Gasteiger partial charge is 0.331 e. The molecule has 1 atom stereocenters. The van der Waals surface area contributed by atoms with E-state index in [-0.39, 0.29) is 12.2 Å². The summed E-state index contributed by atoms with van der Waals surface area (Å²) in [5.41, 5.74) is 0.130. The van der Waals surface area contributed by atoms with E-state index in [1.807, 2.05) is 0 Å². The van der Waals surface area contributed by atoms with Crippen LogP contribution >= 0.6 is 0 Å². The lowest BCUT2D eigenvalue weighted by Gasteiger charge is -2.11. The fourth-order valence-electron chi connectivity index (χ4n) is 0.630. The highest BCUT2D eigenvalue weighted by molar-refractivity contribution is 5.85. The minimum Gasteiger partial charge on any atom is -0.478 e. The summed E-state index contributed by atoms with van der Waals surface area (Å²) in [5, 5.41) is 8.45. The number of carboxylic acids is 1. The maximum Gasteiger partial charge on any atom is 0.331 e. The van der Waals surface area contributed by atoms with E-state index in [0.29, 0.717) is 6.42 Å². The van der Waals surface area contributed by atoms with Crippen LogP contribution in [0.1, 0.15) is 13.3 Å². The van der Waals surface area contributed by atoms with Crippen LogP contribution in [0.4, 0.5) is 0 Å². The molecule has 0 aliphatic carbocycles. The second-order valence-electron chi connectivity index (χ2n) is 2.40. The molecule has 0 amide bonds. The minimum absolute atomic E-state index is 0.130. The van der Waals surface area contributed by atoms with E-state index >= 15 is 0 Å². The summed E-state index contributed by atoms with van der Waals surface area (Å²) < 4.78 is 9.93. The first-order valence-electron chi connectivity index (χ1n) is 3.87. The Balaban J connectivity index is 3.50. The highest BCUT2D eigenvalue weighted by Gasteiger charge is 2.05. The monoisotopic (exact) mass is 186 g/mol. The quantitative estimate of drug-likeness (QED) is 0.372. The van der Waals surface area contributed by atoms with Crippen molar-refractivity contribution >= 4 is 5.97 Å². The Morgan fingerprint density at radius 3 is 2.77 bits per heavy atom. The summed E-state index contributed by atoms with van der Waals surface area (Å²) in [7, 11) is 0. The van der Waals surface area contributed by atoms with Gasteiger partial charge in [0, 0.05) is 12.0 Å². The molecule has 0 bridgehead atoms. The summed E-state index contributed by atoms with van der Waals surface area (Å²) in [4.78, 5) is 10.3. The largest absolute Gasteiger partial charge is 0.478 e. The maximum absolute atomic E-state index is 10.3. The lowest BCUT2D eigenvalue weighted by molar-refractivity contribution is -0.133. The molecular weight excluding hydrogens is 172 g/mol. The van der Waals surface area contributed by atoms with Crippen molar-refractivity contribution in [3.05, 3.63) is 25.0 Å².